The average molecular weight is 204 g/mol. The van der Waals surface area contributed by atoms with Crippen LogP contribution in [0.25, 0.3) is 0 Å². The minimum atomic E-state index is -0.0861. The van der Waals surface area contributed by atoms with Crippen molar-refractivity contribution in [2.24, 2.45) is 0 Å². The number of hydrogen-bond acceptors (Lipinski definition) is 1. The molecule has 1 aromatic rings. The Morgan fingerprint density at radius 1 is 1.00 bits per heavy atom. The Kier molecular flexibility index (Phi) is 2.38. The fourth-order valence-electron chi connectivity index (χ4n) is 2.36. The summed E-state index contributed by atoms with van der Waals surface area (Å²) in [6.45, 7) is 8.66. The molecule has 0 radical (unpaired) electrons. The summed E-state index contributed by atoms with van der Waals surface area (Å²) in [6, 6.07) is 8.71. The highest BCUT2D eigenvalue weighted by molar-refractivity contribution is 5.27. The van der Waals surface area contributed by atoms with E-state index < -0.39 is 0 Å². The van der Waals surface area contributed by atoms with Crippen molar-refractivity contribution in [3.05, 3.63) is 35.4 Å². The van der Waals surface area contributed by atoms with Crippen LogP contribution >= 0.6 is 0 Å². The molecular weight excluding hydrogens is 184 g/mol. The minimum Gasteiger partial charge on any atom is -0.365 e. The Morgan fingerprint density at radius 3 is 2.07 bits per heavy atom. The van der Waals surface area contributed by atoms with Crippen molar-refractivity contribution >= 4 is 0 Å². The van der Waals surface area contributed by atoms with Crippen LogP contribution in [0.4, 0.5) is 0 Å². The van der Waals surface area contributed by atoms with Gasteiger partial charge in [0.25, 0.3) is 0 Å². The van der Waals surface area contributed by atoms with Crippen LogP contribution in [0.15, 0.2) is 24.3 Å². The maximum atomic E-state index is 6.16. The SMILES string of the molecule is Cc1ccc(C2(C)CCC(C)(C)O2)cc1. The van der Waals surface area contributed by atoms with Gasteiger partial charge in [0.15, 0.2) is 0 Å². The van der Waals surface area contributed by atoms with Crippen LogP contribution < -0.4 is 0 Å². The molecule has 1 heteroatoms. The monoisotopic (exact) mass is 204 g/mol. The van der Waals surface area contributed by atoms with Crippen LogP contribution in [0.3, 0.4) is 0 Å². The van der Waals surface area contributed by atoms with Crippen molar-refractivity contribution in [1.82, 2.24) is 0 Å². The van der Waals surface area contributed by atoms with E-state index in [0.29, 0.717) is 0 Å². The van der Waals surface area contributed by atoms with Gasteiger partial charge in [-0.1, -0.05) is 29.8 Å². The van der Waals surface area contributed by atoms with Crippen LogP contribution in [0.5, 0.6) is 0 Å². The summed E-state index contributed by atoms with van der Waals surface area (Å²) in [5.74, 6) is 0. The van der Waals surface area contributed by atoms with E-state index in [0.717, 1.165) is 12.8 Å². The molecule has 0 bridgehead atoms. The summed E-state index contributed by atoms with van der Waals surface area (Å²) in [6.07, 6.45) is 2.25. The molecule has 0 saturated carbocycles. The zero-order valence-corrected chi connectivity index (χ0v) is 10.1. The van der Waals surface area contributed by atoms with Crippen molar-refractivity contribution in [3.63, 3.8) is 0 Å². The number of hydrogen-bond donors (Lipinski definition) is 0. The molecular formula is C14H20O. The lowest BCUT2D eigenvalue weighted by molar-refractivity contribution is -0.0793. The Balaban J connectivity index is 2.27. The largest absolute Gasteiger partial charge is 0.365 e. The number of benzene rings is 1. The van der Waals surface area contributed by atoms with Gasteiger partial charge in [-0.3, -0.25) is 0 Å². The molecule has 1 atom stereocenters. The molecule has 1 aromatic carbocycles. The lowest BCUT2D eigenvalue weighted by atomic mass is 9.91. The topological polar surface area (TPSA) is 9.23 Å². The smallest absolute Gasteiger partial charge is 0.0911 e. The lowest BCUT2D eigenvalue weighted by Crippen LogP contribution is -2.26. The first kappa shape index (κ1) is 10.7. The third-order valence-corrected chi connectivity index (χ3v) is 3.37. The molecule has 1 unspecified atom stereocenters. The van der Waals surface area contributed by atoms with E-state index in [-0.39, 0.29) is 11.2 Å². The molecule has 0 aliphatic carbocycles. The summed E-state index contributed by atoms with van der Waals surface area (Å²) in [7, 11) is 0. The van der Waals surface area contributed by atoms with Gasteiger partial charge in [0, 0.05) is 0 Å². The Labute approximate surface area is 92.5 Å². The van der Waals surface area contributed by atoms with Gasteiger partial charge in [0.2, 0.25) is 0 Å². The van der Waals surface area contributed by atoms with Gasteiger partial charge < -0.3 is 4.74 Å². The summed E-state index contributed by atoms with van der Waals surface area (Å²) >= 11 is 0. The van der Waals surface area contributed by atoms with E-state index in [2.05, 4.69) is 52.0 Å². The molecule has 1 nitrogen and oxygen atoms in total. The van der Waals surface area contributed by atoms with Crippen LogP contribution in [-0.4, -0.2) is 5.60 Å². The number of rotatable bonds is 1. The maximum Gasteiger partial charge on any atom is 0.0911 e. The molecule has 0 amide bonds. The first-order valence-corrected chi connectivity index (χ1v) is 5.69. The predicted octanol–water partition coefficient (Wildman–Crippen LogP) is 3.80. The summed E-state index contributed by atoms with van der Waals surface area (Å²) in [5.41, 5.74) is 2.55. The van der Waals surface area contributed by atoms with E-state index in [1.54, 1.807) is 0 Å². The van der Waals surface area contributed by atoms with Gasteiger partial charge in [-0.05, 0) is 46.1 Å². The maximum absolute atomic E-state index is 6.16. The fraction of sp³-hybridized carbons (Fsp3) is 0.571. The Hall–Kier alpha value is -0.820. The first-order chi connectivity index (χ1) is 6.91. The highest BCUT2D eigenvalue weighted by Gasteiger charge is 2.41. The predicted molar refractivity (Wildman–Crippen MR) is 62.9 cm³/mol. The fourth-order valence-corrected chi connectivity index (χ4v) is 2.36. The summed E-state index contributed by atoms with van der Waals surface area (Å²) in [5, 5.41) is 0. The van der Waals surface area contributed by atoms with E-state index in [9.17, 15) is 0 Å². The van der Waals surface area contributed by atoms with Gasteiger partial charge in [-0.2, -0.15) is 0 Å². The van der Waals surface area contributed by atoms with Crippen LogP contribution in [0, 0.1) is 6.92 Å². The third-order valence-electron chi connectivity index (χ3n) is 3.37. The van der Waals surface area contributed by atoms with Crippen molar-refractivity contribution in [1.29, 1.82) is 0 Å². The number of aryl methyl sites for hydroxylation is 1. The van der Waals surface area contributed by atoms with Crippen LogP contribution in [-0.2, 0) is 10.3 Å². The average Bonchev–Trinajstić information content (AvgIpc) is 2.43. The molecule has 1 heterocycles. The first-order valence-electron chi connectivity index (χ1n) is 5.69. The van der Waals surface area contributed by atoms with E-state index >= 15 is 0 Å². The molecule has 82 valence electrons. The zero-order valence-electron chi connectivity index (χ0n) is 10.1. The second-order valence-corrected chi connectivity index (χ2v) is 5.46. The zero-order chi connectivity index (χ0) is 11.1. The third kappa shape index (κ3) is 2.07. The highest BCUT2D eigenvalue weighted by atomic mass is 16.5. The van der Waals surface area contributed by atoms with E-state index in [1.807, 2.05) is 0 Å². The molecule has 1 saturated heterocycles. The molecule has 2 rings (SSSR count). The van der Waals surface area contributed by atoms with Gasteiger partial charge in [-0.15, -0.1) is 0 Å². The Bertz CT molecular complexity index is 350. The van der Waals surface area contributed by atoms with Crippen LogP contribution in [0.2, 0.25) is 0 Å². The van der Waals surface area contributed by atoms with Gasteiger partial charge >= 0.3 is 0 Å². The van der Waals surface area contributed by atoms with E-state index in [1.165, 1.54) is 11.1 Å². The Morgan fingerprint density at radius 2 is 1.60 bits per heavy atom. The second kappa shape index (κ2) is 3.34. The normalized spacial score (nSPS) is 29.3. The van der Waals surface area contributed by atoms with Crippen LogP contribution in [0.1, 0.15) is 44.7 Å². The lowest BCUT2D eigenvalue weighted by Gasteiger charge is -2.28. The van der Waals surface area contributed by atoms with Gasteiger partial charge in [0.05, 0.1) is 11.2 Å². The molecule has 0 spiro atoms. The molecule has 0 N–H and O–H groups in total. The quantitative estimate of drug-likeness (QED) is 0.676. The van der Waals surface area contributed by atoms with Crippen molar-refractivity contribution in [2.75, 3.05) is 0 Å². The van der Waals surface area contributed by atoms with Crippen molar-refractivity contribution < 1.29 is 4.74 Å². The molecule has 15 heavy (non-hydrogen) atoms. The van der Waals surface area contributed by atoms with Gasteiger partial charge in [0.1, 0.15) is 0 Å². The van der Waals surface area contributed by atoms with E-state index in [4.69, 9.17) is 4.74 Å². The van der Waals surface area contributed by atoms with Crippen molar-refractivity contribution in [2.45, 2.75) is 51.7 Å². The number of ether oxygens (including phenoxy) is 1. The molecule has 0 aromatic heterocycles. The highest BCUT2D eigenvalue weighted by Crippen LogP contribution is 2.43. The standard InChI is InChI=1S/C14H20O/c1-11-5-7-12(8-6-11)14(4)10-9-13(2,3)15-14/h5-8H,9-10H2,1-4H3. The minimum absolute atomic E-state index is 0.0274. The molecule has 1 aliphatic rings. The van der Waals surface area contributed by atoms with Crippen molar-refractivity contribution in [3.8, 4) is 0 Å². The molecule has 1 fully saturated rings. The second-order valence-electron chi connectivity index (χ2n) is 5.46. The summed E-state index contributed by atoms with van der Waals surface area (Å²) in [4.78, 5) is 0. The molecule has 1 aliphatic heterocycles. The van der Waals surface area contributed by atoms with Gasteiger partial charge in [-0.25, -0.2) is 0 Å². The summed E-state index contributed by atoms with van der Waals surface area (Å²) < 4.78 is 6.16.